The molecule has 2 heterocycles. The van der Waals surface area contributed by atoms with E-state index < -0.39 is 6.36 Å². The second-order valence-electron chi connectivity index (χ2n) is 8.58. The lowest BCUT2D eigenvalue weighted by Crippen LogP contribution is -2.33. The molecule has 31 heavy (non-hydrogen) atoms. The molecule has 6 nitrogen and oxygen atoms in total. The number of halogens is 3. The SMILES string of the molecule is CC(C)[C@@H](CO)Nc1nc(C2CC2)cc(N2CCc3cc(OC(F)(F)F)ccc3C2)n1. The van der Waals surface area contributed by atoms with E-state index in [1.807, 2.05) is 19.9 Å². The number of alkyl halides is 3. The highest BCUT2D eigenvalue weighted by Gasteiger charge is 2.32. The highest BCUT2D eigenvalue weighted by atomic mass is 19.4. The normalized spacial score (nSPS) is 17.5. The maximum atomic E-state index is 12.5. The summed E-state index contributed by atoms with van der Waals surface area (Å²) in [6.45, 7) is 5.23. The van der Waals surface area contributed by atoms with E-state index in [-0.39, 0.29) is 24.3 Å². The Morgan fingerprint density at radius 1 is 1.19 bits per heavy atom. The molecule has 1 aliphatic carbocycles. The van der Waals surface area contributed by atoms with Crippen molar-refractivity contribution in [3.8, 4) is 5.75 Å². The molecule has 0 unspecified atom stereocenters. The summed E-state index contributed by atoms with van der Waals surface area (Å²) in [5.41, 5.74) is 2.80. The van der Waals surface area contributed by atoms with Crippen molar-refractivity contribution in [2.24, 2.45) is 5.92 Å². The van der Waals surface area contributed by atoms with E-state index in [1.165, 1.54) is 12.1 Å². The van der Waals surface area contributed by atoms with E-state index in [0.717, 1.165) is 35.5 Å². The first-order valence-corrected chi connectivity index (χ1v) is 10.6. The largest absolute Gasteiger partial charge is 0.573 e. The molecule has 2 aliphatic rings. The van der Waals surface area contributed by atoms with Crippen molar-refractivity contribution in [3.05, 3.63) is 41.1 Å². The van der Waals surface area contributed by atoms with E-state index in [2.05, 4.69) is 19.9 Å². The fourth-order valence-corrected chi connectivity index (χ4v) is 3.78. The molecule has 168 valence electrons. The molecule has 1 aromatic heterocycles. The quantitative estimate of drug-likeness (QED) is 0.677. The molecule has 2 N–H and O–H groups in total. The minimum Gasteiger partial charge on any atom is -0.406 e. The number of rotatable bonds is 7. The first-order chi connectivity index (χ1) is 14.7. The van der Waals surface area contributed by atoms with Crippen LogP contribution in [0.4, 0.5) is 24.9 Å². The number of hydrogen-bond acceptors (Lipinski definition) is 6. The smallest absolute Gasteiger partial charge is 0.406 e. The van der Waals surface area contributed by atoms with Crippen LogP contribution in [0.3, 0.4) is 0 Å². The van der Waals surface area contributed by atoms with Crippen LogP contribution in [0.5, 0.6) is 5.75 Å². The lowest BCUT2D eigenvalue weighted by molar-refractivity contribution is -0.274. The number of fused-ring (bicyclic) bond motifs is 1. The highest BCUT2D eigenvalue weighted by Crippen LogP contribution is 2.40. The van der Waals surface area contributed by atoms with Crippen LogP contribution in [0.1, 0.15) is 49.4 Å². The number of nitrogens with zero attached hydrogens (tertiary/aromatic N) is 3. The summed E-state index contributed by atoms with van der Waals surface area (Å²) in [5, 5.41) is 12.9. The van der Waals surface area contributed by atoms with Gasteiger partial charge in [-0.1, -0.05) is 19.9 Å². The van der Waals surface area contributed by atoms with Crippen molar-refractivity contribution in [1.29, 1.82) is 0 Å². The van der Waals surface area contributed by atoms with Gasteiger partial charge in [0.1, 0.15) is 11.6 Å². The number of aliphatic hydroxyl groups excluding tert-OH is 1. The predicted octanol–water partition coefficient (Wildman–Crippen LogP) is 4.24. The van der Waals surface area contributed by atoms with Gasteiger partial charge in [-0.3, -0.25) is 0 Å². The van der Waals surface area contributed by atoms with Gasteiger partial charge < -0.3 is 20.1 Å². The van der Waals surface area contributed by atoms with Gasteiger partial charge in [-0.2, -0.15) is 4.98 Å². The zero-order chi connectivity index (χ0) is 22.2. The monoisotopic (exact) mass is 436 g/mol. The summed E-state index contributed by atoms with van der Waals surface area (Å²) in [6.07, 6.45) is -1.88. The molecular weight excluding hydrogens is 409 g/mol. The summed E-state index contributed by atoms with van der Waals surface area (Å²) in [4.78, 5) is 11.5. The molecule has 2 aromatic rings. The van der Waals surface area contributed by atoms with Gasteiger partial charge in [0.2, 0.25) is 5.95 Å². The number of hydrogen-bond donors (Lipinski definition) is 2. The van der Waals surface area contributed by atoms with Gasteiger partial charge in [-0.15, -0.1) is 13.2 Å². The van der Waals surface area contributed by atoms with Gasteiger partial charge in [0.15, 0.2) is 0 Å². The predicted molar refractivity (Wildman–Crippen MR) is 111 cm³/mol. The molecular formula is C22H27F3N4O2. The van der Waals surface area contributed by atoms with Crippen molar-refractivity contribution in [3.63, 3.8) is 0 Å². The zero-order valence-electron chi connectivity index (χ0n) is 17.6. The van der Waals surface area contributed by atoms with Crippen LogP contribution in [-0.4, -0.2) is 40.6 Å². The van der Waals surface area contributed by atoms with E-state index in [9.17, 15) is 18.3 Å². The molecule has 0 spiro atoms. The number of nitrogens with one attached hydrogen (secondary N) is 1. The summed E-state index contributed by atoms with van der Waals surface area (Å²) in [6, 6.07) is 6.38. The van der Waals surface area contributed by atoms with Gasteiger partial charge >= 0.3 is 6.36 Å². The Balaban J connectivity index is 1.56. The average Bonchev–Trinajstić information content (AvgIpc) is 3.55. The Labute approximate surface area is 179 Å². The Hall–Kier alpha value is -2.55. The van der Waals surface area contributed by atoms with Crippen LogP contribution < -0.4 is 15.0 Å². The molecule has 0 amide bonds. The topological polar surface area (TPSA) is 70.5 Å². The molecule has 1 aliphatic heterocycles. The lowest BCUT2D eigenvalue weighted by atomic mass is 9.99. The Bertz CT molecular complexity index is 931. The van der Waals surface area contributed by atoms with Crippen LogP contribution in [0.15, 0.2) is 24.3 Å². The molecule has 0 radical (unpaired) electrons. The summed E-state index contributed by atoms with van der Waals surface area (Å²) < 4.78 is 41.6. The second-order valence-corrected chi connectivity index (χ2v) is 8.58. The third-order valence-corrected chi connectivity index (χ3v) is 5.79. The first-order valence-electron chi connectivity index (χ1n) is 10.6. The van der Waals surface area contributed by atoms with E-state index in [1.54, 1.807) is 6.07 Å². The number of benzene rings is 1. The lowest BCUT2D eigenvalue weighted by Gasteiger charge is -2.31. The minimum absolute atomic E-state index is 0.0105. The van der Waals surface area contributed by atoms with Gasteiger partial charge in [-0.25, -0.2) is 4.98 Å². The number of aromatic nitrogens is 2. The van der Waals surface area contributed by atoms with Crippen molar-refractivity contribution in [2.45, 2.75) is 58.0 Å². The fraction of sp³-hybridized carbons (Fsp3) is 0.545. The van der Waals surface area contributed by atoms with Gasteiger partial charge in [0.25, 0.3) is 0 Å². The van der Waals surface area contributed by atoms with E-state index in [4.69, 9.17) is 4.98 Å². The Morgan fingerprint density at radius 2 is 1.97 bits per heavy atom. The van der Waals surface area contributed by atoms with Crippen molar-refractivity contribution in [1.82, 2.24) is 9.97 Å². The molecule has 9 heteroatoms. The number of anilines is 2. The third kappa shape index (κ3) is 5.39. The summed E-state index contributed by atoms with van der Waals surface area (Å²) in [5.74, 6) is 1.77. The van der Waals surface area contributed by atoms with Crippen LogP contribution in [-0.2, 0) is 13.0 Å². The zero-order valence-corrected chi connectivity index (χ0v) is 17.6. The maximum Gasteiger partial charge on any atom is 0.573 e. The van der Waals surface area contributed by atoms with Gasteiger partial charge in [-0.05, 0) is 48.4 Å². The van der Waals surface area contributed by atoms with Crippen molar-refractivity contribution < 1.29 is 23.0 Å². The molecule has 1 aromatic carbocycles. The standard InChI is InChI=1S/C22H27F3N4O2/c1-13(2)19(12-30)27-21-26-18(14-3-4-14)10-20(28-21)29-8-7-15-9-17(31-22(23,24)25)6-5-16(15)11-29/h5-6,9-10,13-14,19,30H,3-4,7-8,11-12H2,1-2H3,(H,26,27,28)/t19-/m1/s1. The molecule has 0 bridgehead atoms. The molecule has 1 saturated carbocycles. The van der Waals surface area contributed by atoms with Crippen LogP contribution in [0.2, 0.25) is 0 Å². The Morgan fingerprint density at radius 3 is 2.61 bits per heavy atom. The minimum atomic E-state index is -4.69. The van der Waals surface area contributed by atoms with E-state index >= 15 is 0 Å². The summed E-state index contributed by atoms with van der Waals surface area (Å²) in [7, 11) is 0. The second kappa shape index (κ2) is 8.53. The van der Waals surface area contributed by atoms with Crippen LogP contribution in [0.25, 0.3) is 0 Å². The third-order valence-electron chi connectivity index (χ3n) is 5.79. The highest BCUT2D eigenvalue weighted by molar-refractivity contribution is 5.50. The van der Waals surface area contributed by atoms with Crippen LogP contribution in [0, 0.1) is 5.92 Å². The van der Waals surface area contributed by atoms with Crippen molar-refractivity contribution >= 4 is 11.8 Å². The number of aliphatic hydroxyl groups is 1. The van der Waals surface area contributed by atoms with Gasteiger partial charge in [0.05, 0.1) is 18.3 Å². The molecule has 1 atom stereocenters. The van der Waals surface area contributed by atoms with E-state index in [0.29, 0.717) is 31.4 Å². The molecule has 0 saturated heterocycles. The first kappa shape index (κ1) is 21.7. The summed E-state index contributed by atoms with van der Waals surface area (Å²) >= 11 is 0. The van der Waals surface area contributed by atoms with Crippen LogP contribution >= 0.6 is 0 Å². The molecule has 4 rings (SSSR count). The fourth-order valence-electron chi connectivity index (χ4n) is 3.78. The van der Waals surface area contributed by atoms with Crippen molar-refractivity contribution in [2.75, 3.05) is 23.4 Å². The maximum absolute atomic E-state index is 12.5. The average molecular weight is 436 g/mol. The molecule has 1 fully saturated rings. The number of ether oxygens (including phenoxy) is 1. The van der Waals surface area contributed by atoms with Gasteiger partial charge in [0, 0.05) is 25.1 Å². The Kier molecular flexibility index (Phi) is 5.96.